The normalized spacial score (nSPS) is 20.8. The molecule has 1 fully saturated rings. The summed E-state index contributed by atoms with van der Waals surface area (Å²) < 4.78 is 5.77. The smallest absolute Gasteiger partial charge is 0.309 e. The molecule has 5 heteroatoms. The maximum absolute atomic E-state index is 12.7. The molecule has 2 heterocycles. The molecule has 0 spiro atoms. The molecule has 2 aliphatic rings. The van der Waals surface area contributed by atoms with Gasteiger partial charge in [-0.2, -0.15) is 0 Å². The van der Waals surface area contributed by atoms with Gasteiger partial charge < -0.3 is 15.4 Å². The number of aryl methyl sites for hydroxylation is 1. The Kier molecular flexibility index (Phi) is 10.3. The van der Waals surface area contributed by atoms with Gasteiger partial charge in [-0.25, -0.2) is 0 Å². The zero-order valence-corrected chi connectivity index (χ0v) is 24.3. The molecule has 0 bridgehead atoms. The van der Waals surface area contributed by atoms with E-state index in [0.717, 1.165) is 90.3 Å². The van der Waals surface area contributed by atoms with E-state index in [1.165, 1.54) is 11.1 Å². The van der Waals surface area contributed by atoms with E-state index in [9.17, 15) is 4.79 Å². The average Bonchev–Trinajstić information content (AvgIpc) is 3.35. The molecule has 0 amide bonds. The first-order chi connectivity index (χ1) is 19.4. The second-order valence-corrected chi connectivity index (χ2v) is 10.8. The van der Waals surface area contributed by atoms with Crippen LogP contribution in [0.5, 0.6) is 0 Å². The first-order valence-electron chi connectivity index (χ1n) is 14.5. The van der Waals surface area contributed by atoms with Crippen LogP contribution in [0.1, 0.15) is 69.3 Å². The molecule has 2 N–H and O–H groups in total. The van der Waals surface area contributed by atoms with Crippen LogP contribution in [-0.2, 0) is 9.53 Å². The summed E-state index contributed by atoms with van der Waals surface area (Å²) in [5.41, 5.74) is 7.63. The summed E-state index contributed by atoms with van der Waals surface area (Å²) in [6, 6.07) is 12.4. The lowest BCUT2D eigenvalue weighted by molar-refractivity contribution is -0.153. The molecule has 1 aromatic carbocycles. The number of esters is 1. The van der Waals surface area contributed by atoms with Gasteiger partial charge in [-0.3, -0.25) is 9.78 Å². The van der Waals surface area contributed by atoms with Crippen LogP contribution in [0.4, 0.5) is 0 Å². The second kappa shape index (κ2) is 14.1. The van der Waals surface area contributed by atoms with Crippen molar-refractivity contribution in [3.05, 3.63) is 99.9 Å². The van der Waals surface area contributed by atoms with E-state index in [1.807, 2.05) is 25.1 Å². The predicted molar refractivity (Wildman–Crippen MR) is 166 cm³/mol. The number of pyridine rings is 1. The number of nitrogens with zero attached hydrogens (tertiary/aromatic N) is 1. The fourth-order valence-corrected chi connectivity index (χ4v) is 5.44. The van der Waals surface area contributed by atoms with Gasteiger partial charge in [-0.15, -0.1) is 0 Å². The van der Waals surface area contributed by atoms with E-state index in [4.69, 9.17) is 9.72 Å². The van der Waals surface area contributed by atoms with Crippen molar-refractivity contribution in [2.75, 3.05) is 13.1 Å². The Hall–Kier alpha value is -3.70. The summed E-state index contributed by atoms with van der Waals surface area (Å²) in [4.78, 5) is 17.5. The molecule has 1 unspecified atom stereocenters. The third-order valence-electron chi connectivity index (χ3n) is 7.88. The molecule has 0 radical (unpaired) electrons. The number of rotatable bonds is 9. The van der Waals surface area contributed by atoms with E-state index in [1.54, 1.807) is 6.20 Å². The van der Waals surface area contributed by atoms with Gasteiger partial charge in [-0.05, 0) is 117 Å². The van der Waals surface area contributed by atoms with Crippen LogP contribution < -0.4 is 21.1 Å². The number of hydrogen-bond acceptors (Lipinski definition) is 5. The molecule has 40 heavy (non-hydrogen) atoms. The number of ether oxygens (including phenoxy) is 1. The van der Waals surface area contributed by atoms with Crippen LogP contribution >= 0.6 is 0 Å². The summed E-state index contributed by atoms with van der Waals surface area (Å²) >= 11 is 0. The van der Waals surface area contributed by atoms with Crippen molar-refractivity contribution in [1.29, 1.82) is 0 Å². The molecule has 2 atom stereocenters. The number of nitrogens with one attached hydrogen (secondary N) is 2. The second-order valence-electron chi connectivity index (χ2n) is 10.8. The Morgan fingerprint density at radius 1 is 1.23 bits per heavy atom. The van der Waals surface area contributed by atoms with Crippen LogP contribution in [0, 0.1) is 12.8 Å². The Labute approximate surface area is 239 Å². The fourth-order valence-electron chi connectivity index (χ4n) is 5.44. The Balaban J connectivity index is 1.51. The fraction of sp³-hybridized carbons (Fsp3) is 0.371. The first-order valence-corrected chi connectivity index (χ1v) is 14.5. The lowest BCUT2D eigenvalue weighted by Crippen LogP contribution is -2.25. The van der Waals surface area contributed by atoms with E-state index in [0.29, 0.717) is 0 Å². The molecule has 1 aliphatic heterocycles. The Morgan fingerprint density at radius 3 is 2.80 bits per heavy atom. The maximum atomic E-state index is 12.7. The lowest BCUT2D eigenvalue weighted by atomic mass is 9.96. The van der Waals surface area contributed by atoms with Gasteiger partial charge in [0.05, 0.1) is 17.3 Å². The number of hydrogen-bond donors (Lipinski definition) is 2. The molecule has 4 rings (SSSR count). The molecular weight excluding hydrogens is 494 g/mol. The summed E-state index contributed by atoms with van der Waals surface area (Å²) in [6.07, 6.45) is 13.8. The highest BCUT2D eigenvalue weighted by Crippen LogP contribution is 2.29. The predicted octanol–water partition coefficient (Wildman–Crippen LogP) is 5.56. The SMILES string of the molecule is C=CN/C(=C(\C)c1ccc(=C)/c(=C\C(=C/C)CC2=CCCC(C(=O)O[C@@H]3CCNC3)CC2)c1)c1cccc(C)n1. The average molecular weight is 538 g/mol. The minimum absolute atomic E-state index is 0.00784. The summed E-state index contributed by atoms with van der Waals surface area (Å²) in [6.45, 7) is 16.1. The zero-order valence-electron chi connectivity index (χ0n) is 24.3. The minimum Gasteiger partial charge on any atom is -0.461 e. The van der Waals surface area contributed by atoms with Gasteiger partial charge in [0.1, 0.15) is 6.10 Å². The number of aromatic nitrogens is 1. The van der Waals surface area contributed by atoms with Gasteiger partial charge in [0.15, 0.2) is 0 Å². The Morgan fingerprint density at radius 2 is 2.08 bits per heavy atom. The van der Waals surface area contributed by atoms with Crippen molar-refractivity contribution in [3.63, 3.8) is 0 Å². The van der Waals surface area contributed by atoms with Crippen LogP contribution in [0.15, 0.2) is 72.5 Å². The highest BCUT2D eigenvalue weighted by atomic mass is 16.5. The molecule has 1 aliphatic carbocycles. The summed E-state index contributed by atoms with van der Waals surface area (Å²) in [5, 5.41) is 8.66. The molecule has 2 aromatic rings. The summed E-state index contributed by atoms with van der Waals surface area (Å²) in [5.74, 6) is -0.0270. The van der Waals surface area contributed by atoms with E-state index in [2.05, 4.69) is 74.1 Å². The van der Waals surface area contributed by atoms with Crippen molar-refractivity contribution in [3.8, 4) is 0 Å². The van der Waals surface area contributed by atoms with E-state index in [-0.39, 0.29) is 18.0 Å². The standard InChI is InChI=1S/C35H43N3O2/c1-6-27(20-28-11-9-12-29(17-15-28)35(39)40-32-18-19-36-23-32)21-31-22-30(16-14-24(31)3)26(5)34(37-7-2)33-13-8-10-25(4)38-33/h6-8,10-11,13-14,16,21-22,29,32,36-37H,2-3,9,12,15,17-20,23H2,1,4-5H3/b27-6-,31-21-,34-26+/t29?,32-/m1/s1. The zero-order chi connectivity index (χ0) is 28.5. The van der Waals surface area contributed by atoms with Crippen molar-refractivity contribution >= 4 is 29.9 Å². The highest BCUT2D eigenvalue weighted by molar-refractivity contribution is 5.88. The third-order valence-corrected chi connectivity index (χ3v) is 7.88. The molecule has 210 valence electrons. The largest absolute Gasteiger partial charge is 0.461 e. The van der Waals surface area contributed by atoms with Crippen LogP contribution in [0.25, 0.3) is 23.9 Å². The van der Waals surface area contributed by atoms with Crippen molar-refractivity contribution < 1.29 is 9.53 Å². The number of carbonyl (C=O) groups excluding carboxylic acids is 1. The van der Waals surface area contributed by atoms with Gasteiger partial charge >= 0.3 is 5.97 Å². The van der Waals surface area contributed by atoms with Crippen LogP contribution in [-0.4, -0.2) is 30.1 Å². The maximum Gasteiger partial charge on any atom is 0.309 e. The van der Waals surface area contributed by atoms with Crippen molar-refractivity contribution in [1.82, 2.24) is 15.6 Å². The molecule has 0 saturated carbocycles. The molecule has 1 aromatic heterocycles. The molecular formula is C35H43N3O2. The van der Waals surface area contributed by atoms with E-state index >= 15 is 0 Å². The molecule has 5 nitrogen and oxygen atoms in total. The van der Waals surface area contributed by atoms with Crippen LogP contribution in [0.2, 0.25) is 0 Å². The molecule has 1 saturated heterocycles. The minimum atomic E-state index is -0.0192. The Bertz CT molecular complexity index is 1430. The topological polar surface area (TPSA) is 63.2 Å². The highest BCUT2D eigenvalue weighted by Gasteiger charge is 2.26. The lowest BCUT2D eigenvalue weighted by Gasteiger charge is -2.17. The monoisotopic (exact) mass is 537 g/mol. The van der Waals surface area contributed by atoms with Crippen molar-refractivity contribution in [2.45, 2.75) is 65.4 Å². The van der Waals surface area contributed by atoms with Crippen molar-refractivity contribution in [2.24, 2.45) is 5.92 Å². The van der Waals surface area contributed by atoms with E-state index < -0.39 is 0 Å². The third kappa shape index (κ3) is 7.70. The van der Waals surface area contributed by atoms with Gasteiger partial charge in [0.25, 0.3) is 0 Å². The quantitative estimate of drug-likeness (QED) is 0.324. The van der Waals surface area contributed by atoms with Crippen LogP contribution in [0.3, 0.4) is 0 Å². The summed E-state index contributed by atoms with van der Waals surface area (Å²) in [7, 11) is 0. The number of benzene rings is 1. The van der Waals surface area contributed by atoms with Gasteiger partial charge in [0, 0.05) is 12.2 Å². The van der Waals surface area contributed by atoms with Gasteiger partial charge in [0.2, 0.25) is 0 Å². The first kappa shape index (κ1) is 29.3. The number of allylic oxidation sites excluding steroid dienone is 5. The number of carbonyl (C=O) groups is 1. The van der Waals surface area contributed by atoms with Gasteiger partial charge in [-0.1, -0.05) is 55.2 Å².